The zero-order valence-corrected chi connectivity index (χ0v) is 15.2. The van der Waals surface area contributed by atoms with Crippen LogP contribution in [0.15, 0.2) is 60.9 Å². The van der Waals surface area contributed by atoms with E-state index in [4.69, 9.17) is 0 Å². The number of nitrogens with one attached hydrogen (secondary N) is 2. The number of nitrogens with zero attached hydrogens (tertiary/aromatic N) is 2. The first-order chi connectivity index (χ1) is 13.0. The van der Waals surface area contributed by atoms with Crippen LogP contribution in [0.25, 0.3) is 0 Å². The van der Waals surface area contributed by atoms with Crippen LogP contribution in [0, 0.1) is 0 Å². The Hall–Kier alpha value is -3.54. The quantitative estimate of drug-likeness (QED) is 0.643. The number of Topliss-reactive ketones (excluding diaryl/α,β-unsaturated/α-hetero) is 1. The van der Waals surface area contributed by atoms with Gasteiger partial charge in [-0.15, -0.1) is 0 Å². The Kier molecular flexibility index (Phi) is 5.56. The van der Waals surface area contributed by atoms with Crippen LogP contribution >= 0.6 is 0 Å². The Morgan fingerprint density at radius 1 is 0.852 bits per heavy atom. The van der Waals surface area contributed by atoms with E-state index in [-0.39, 0.29) is 11.7 Å². The molecule has 6 nitrogen and oxygen atoms in total. The van der Waals surface area contributed by atoms with E-state index in [0.29, 0.717) is 17.1 Å². The number of rotatable bonds is 6. The molecule has 0 saturated carbocycles. The number of carbonyl (C=O) groups is 2. The van der Waals surface area contributed by atoms with Crippen molar-refractivity contribution in [3.05, 3.63) is 77.6 Å². The highest BCUT2D eigenvalue weighted by atomic mass is 16.1. The van der Waals surface area contributed by atoms with Crippen LogP contribution in [0.5, 0.6) is 0 Å². The van der Waals surface area contributed by atoms with Crippen molar-refractivity contribution in [1.82, 2.24) is 9.97 Å². The number of carbonyl (C=O) groups excluding carboxylic acids is 2. The number of anilines is 3. The molecule has 27 heavy (non-hydrogen) atoms. The summed E-state index contributed by atoms with van der Waals surface area (Å²) in [5, 5.41) is 5.86. The zero-order valence-electron chi connectivity index (χ0n) is 15.2. The Bertz CT molecular complexity index is 933. The molecule has 3 aromatic rings. The monoisotopic (exact) mass is 360 g/mol. The van der Waals surface area contributed by atoms with Gasteiger partial charge in [-0.1, -0.05) is 19.1 Å². The summed E-state index contributed by atoms with van der Waals surface area (Å²) in [4.78, 5) is 31.9. The van der Waals surface area contributed by atoms with Gasteiger partial charge in [0.15, 0.2) is 5.78 Å². The van der Waals surface area contributed by atoms with Gasteiger partial charge < -0.3 is 10.6 Å². The molecule has 1 heterocycles. The van der Waals surface area contributed by atoms with Gasteiger partial charge in [-0.25, -0.2) is 9.97 Å². The number of amides is 1. The first-order valence-electron chi connectivity index (χ1n) is 8.65. The standard InChI is InChI=1S/C21H20N4O2/c1-3-15-4-8-18(9-5-15)24-20(27)17-12-22-21(23-13-17)25-19-10-6-16(7-11-19)14(2)26/h4-13H,3H2,1-2H3,(H,24,27)(H,22,23,25). The van der Waals surface area contributed by atoms with Gasteiger partial charge in [0, 0.05) is 29.3 Å². The van der Waals surface area contributed by atoms with Crippen molar-refractivity contribution in [2.75, 3.05) is 10.6 Å². The summed E-state index contributed by atoms with van der Waals surface area (Å²) < 4.78 is 0. The molecule has 0 aliphatic carbocycles. The third kappa shape index (κ3) is 4.76. The average molecular weight is 360 g/mol. The first kappa shape index (κ1) is 18.3. The van der Waals surface area contributed by atoms with E-state index in [1.807, 2.05) is 24.3 Å². The summed E-state index contributed by atoms with van der Waals surface area (Å²) in [6, 6.07) is 14.7. The number of ketones is 1. The van der Waals surface area contributed by atoms with Gasteiger partial charge in [-0.3, -0.25) is 9.59 Å². The molecule has 0 atom stereocenters. The SMILES string of the molecule is CCc1ccc(NC(=O)c2cnc(Nc3ccc(C(C)=O)cc3)nc2)cc1. The normalized spacial score (nSPS) is 10.3. The Balaban J connectivity index is 1.63. The maximum Gasteiger partial charge on any atom is 0.258 e. The van der Waals surface area contributed by atoms with E-state index >= 15 is 0 Å². The molecule has 1 aromatic heterocycles. The summed E-state index contributed by atoms with van der Waals surface area (Å²) in [7, 11) is 0. The van der Waals surface area contributed by atoms with E-state index in [2.05, 4.69) is 27.5 Å². The van der Waals surface area contributed by atoms with Crippen LogP contribution in [-0.2, 0) is 6.42 Å². The summed E-state index contributed by atoms with van der Waals surface area (Å²) in [6.45, 7) is 3.60. The Morgan fingerprint density at radius 2 is 1.44 bits per heavy atom. The zero-order chi connectivity index (χ0) is 19.2. The number of hydrogen-bond acceptors (Lipinski definition) is 5. The minimum atomic E-state index is -0.267. The van der Waals surface area contributed by atoms with E-state index in [0.717, 1.165) is 17.8 Å². The van der Waals surface area contributed by atoms with Gasteiger partial charge in [-0.05, 0) is 55.3 Å². The molecular weight excluding hydrogens is 340 g/mol. The number of benzene rings is 2. The molecule has 6 heteroatoms. The van der Waals surface area contributed by atoms with Crippen LogP contribution in [0.1, 0.15) is 40.1 Å². The molecular formula is C21H20N4O2. The van der Waals surface area contributed by atoms with Crippen molar-refractivity contribution in [3.8, 4) is 0 Å². The van der Waals surface area contributed by atoms with E-state index in [1.165, 1.54) is 24.9 Å². The second-order valence-electron chi connectivity index (χ2n) is 6.06. The van der Waals surface area contributed by atoms with Gasteiger partial charge in [0.05, 0.1) is 5.56 Å². The van der Waals surface area contributed by atoms with E-state index in [9.17, 15) is 9.59 Å². The molecule has 0 saturated heterocycles. The molecule has 136 valence electrons. The third-order valence-corrected chi connectivity index (χ3v) is 4.08. The van der Waals surface area contributed by atoms with Crippen LogP contribution in [0.3, 0.4) is 0 Å². The minimum Gasteiger partial charge on any atom is -0.324 e. The largest absolute Gasteiger partial charge is 0.324 e. The molecule has 0 radical (unpaired) electrons. The summed E-state index contributed by atoms with van der Waals surface area (Å²) >= 11 is 0. The summed E-state index contributed by atoms with van der Waals surface area (Å²) in [6.07, 6.45) is 3.89. The average Bonchev–Trinajstić information content (AvgIpc) is 2.69. The molecule has 0 spiro atoms. The molecule has 2 N–H and O–H groups in total. The van der Waals surface area contributed by atoms with E-state index < -0.39 is 0 Å². The highest BCUT2D eigenvalue weighted by Gasteiger charge is 2.08. The molecule has 3 rings (SSSR count). The second kappa shape index (κ2) is 8.23. The summed E-state index contributed by atoms with van der Waals surface area (Å²) in [5.74, 6) is 0.114. The molecule has 0 aliphatic heterocycles. The molecule has 0 bridgehead atoms. The first-order valence-corrected chi connectivity index (χ1v) is 8.65. The fraction of sp³-hybridized carbons (Fsp3) is 0.143. The van der Waals surface area contributed by atoms with Crippen LogP contribution < -0.4 is 10.6 Å². The maximum atomic E-state index is 12.3. The van der Waals surface area contributed by atoms with Gasteiger partial charge in [-0.2, -0.15) is 0 Å². The van der Waals surface area contributed by atoms with Gasteiger partial charge in [0.25, 0.3) is 5.91 Å². The lowest BCUT2D eigenvalue weighted by atomic mass is 10.1. The van der Waals surface area contributed by atoms with Crippen LogP contribution in [0.2, 0.25) is 0 Å². The maximum absolute atomic E-state index is 12.3. The summed E-state index contributed by atoms with van der Waals surface area (Å²) in [5.41, 5.74) is 3.70. The fourth-order valence-corrected chi connectivity index (χ4v) is 2.45. The minimum absolute atomic E-state index is 0.0116. The highest BCUT2D eigenvalue weighted by Crippen LogP contribution is 2.15. The van der Waals surface area contributed by atoms with E-state index in [1.54, 1.807) is 24.3 Å². The lowest BCUT2D eigenvalue weighted by Gasteiger charge is -2.07. The second-order valence-corrected chi connectivity index (χ2v) is 6.06. The van der Waals surface area contributed by atoms with Gasteiger partial charge >= 0.3 is 0 Å². The van der Waals surface area contributed by atoms with Crippen molar-refractivity contribution in [2.24, 2.45) is 0 Å². The van der Waals surface area contributed by atoms with Gasteiger partial charge in [0.1, 0.15) is 0 Å². The predicted molar refractivity (Wildman–Crippen MR) is 106 cm³/mol. The number of aromatic nitrogens is 2. The van der Waals surface area contributed by atoms with Crippen molar-refractivity contribution in [3.63, 3.8) is 0 Å². The number of aryl methyl sites for hydroxylation is 1. The molecule has 2 aromatic carbocycles. The van der Waals surface area contributed by atoms with Gasteiger partial charge in [0.2, 0.25) is 5.95 Å². The lowest BCUT2D eigenvalue weighted by molar-refractivity contribution is 0.101. The Labute approximate surface area is 157 Å². The number of hydrogen-bond donors (Lipinski definition) is 2. The van der Waals surface area contributed by atoms with Crippen molar-refractivity contribution >= 4 is 29.0 Å². The Morgan fingerprint density at radius 3 is 2.00 bits per heavy atom. The lowest BCUT2D eigenvalue weighted by Crippen LogP contribution is -2.13. The third-order valence-electron chi connectivity index (χ3n) is 4.08. The highest BCUT2D eigenvalue weighted by molar-refractivity contribution is 6.03. The molecule has 0 fully saturated rings. The van der Waals surface area contributed by atoms with Crippen molar-refractivity contribution in [2.45, 2.75) is 20.3 Å². The van der Waals surface area contributed by atoms with Crippen LogP contribution in [-0.4, -0.2) is 21.7 Å². The van der Waals surface area contributed by atoms with Crippen molar-refractivity contribution in [1.29, 1.82) is 0 Å². The fourth-order valence-electron chi connectivity index (χ4n) is 2.45. The van der Waals surface area contributed by atoms with Crippen LogP contribution in [0.4, 0.5) is 17.3 Å². The molecule has 0 aliphatic rings. The predicted octanol–water partition coefficient (Wildman–Crippen LogP) is 4.24. The topological polar surface area (TPSA) is 84.0 Å². The smallest absolute Gasteiger partial charge is 0.258 e. The van der Waals surface area contributed by atoms with Crippen molar-refractivity contribution < 1.29 is 9.59 Å². The molecule has 0 unspecified atom stereocenters. The molecule has 1 amide bonds.